The molecule has 6 unspecified atom stereocenters. The average Bonchev–Trinajstić information content (AvgIpc) is 0.785. The number of ether oxygens (including phenoxy) is 11. The van der Waals surface area contributed by atoms with E-state index in [4.69, 9.17) is 37.9 Å². The number of rotatable bonds is 30. The Morgan fingerprint density at radius 3 is 0.780 bits per heavy atom. The van der Waals surface area contributed by atoms with Crippen LogP contribution < -0.4 is 33.2 Å². The molecular weight excluding hydrogens is 4470 g/mol. The monoisotopic (exact) mass is 4530 g/mol. The zero-order chi connectivity index (χ0) is 113. The minimum absolute atomic E-state index is 0.0540. The van der Waals surface area contributed by atoms with E-state index in [1.54, 1.807) is 72.8 Å². The highest BCUT2D eigenvalue weighted by Gasteiger charge is 2.56. The van der Waals surface area contributed by atoms with Gasteiger partial charge in [-0.2, -0.15) is 26.3 Å². The highest BCUT2D eigenvalue weighted by molar-refractivity contribution is 14.1. The molecule has 0 heterocycles. The quantitative estimate of drug-likeness (QED) is 0.00767. The van der Waals surface area contributed by atoms with E-state index in [1.807, 2.05) is 283 Å². The first-order valence-electron chi connectivity index (χ1n) is 40.5. The van der Waals surface area contributed by atoms with E-state index in [0.29, 0.717) is 98.6 Å². The first-order valence-corrected chi connectivity index (χ1v) is 68.9. The van der Waals surface area contributed by atoms with Gasteiger partial charge in [-0.05, 0) is 641 Å². The highest BCUT2D eigenvalue weighted by Crippen LogP contribution is 2.50. The molecule has 6 atom stereocenters. The van der Waals surface area contributed by atoms with E-state index in [1.165, 1.54) is 0 Å². The fourth-order valence-corrected chi connectivity index (χ4v) is 41.2. The maximum atomic E-state index is 13.6. The molecule has 3 saturated carbocycles. The normalized spacial score (nSPS) is 16.9. The summed E-state index contributed by atoms with van der Waals surface area (Å²) in [6.45, 7) is -5.76. The molecular formula is C85H55F6I21O34S4-4. The highest BCUT2D eigenvalue weighted by atomic mass is 127. The summed E-state index contributed by atoms with van der Waals surface area (Å²) in [6.07, 6.45) is 3.10. The number of esters is 11. The van der Waals surface area contributed by atoms with E-state index in [-0.39, 0.29) is 71.2 Å². The van der Waals surface area contributed by atoms with Crippen LogP contribution in [0.4, 0.5) is 26.3 Å². The first kappa shape index (κ1) is 138. The molecule has 0 bridgehead atoms. The van der Waals surface area contributed by atoms with E-state index in [9.17, 15) is 131 Å². The summed E-state index contributed by atoms with van der Waals surface area (Å²) >= 11 is 42.6. The Morgan fingerprint density at radius 2 is 0.513 bits per heavy atom. The van der Waals surface area contributed by atoms with Gasteiger partial charge in [-0.15, -0.1) is 0 Å². The number of benzene rings is 8. The van der Waals surface area contributed by atoms with Crippen molar-refractivity contribution in [1.29, 1.82) is 0 Å². The van der Waals surface area contributed by atoms with Crippen molar-refractivity contribution in [2.45, 2.75) is 80.5 Å². The number of fused-ring (bicyclic) bond motifs is 1. The van der Waals surface area contributed by atoms with E-state index in [2.05, 4.69) is 218 Å². The topological polar surface area (TPSA) is 518 Å². The third kappa shape index (κ3) is 39.3. The standard InChI is InChI=1S/C23H16F2I6O9S.C23H10F2I6O9S.C20H21F2I3O7S.C19H12I6O9S/c2*24-23(25,41(35,36)37)8-38-20(32)9-1-10(21(33)39-18-14(28)4-12(26)5-15(18)29)3-11(2-9)22(34)40-19-16(30)6-13(27)7-17(19)31;21-20(22,33(28,29)30)9-31-18(26)13-5-1-4-12-11(13)3-2-6-14(12)19(27)32-17-15(24)7-10(23)8-16(17)25;1-19(16(26)32-2-3-35(29,30)31,17(27)33-14-10(22)4-8(20)5-11(14)23)18(28)34-15-12(24)6-9(21)7-13(15)25/h4-7,9-11H,1-3,8H2,(H,35,36,37);1-7H,8H2,(H,35,36,37);7-8,11-14H,1-6,9H2,(H,28,29,30);4-7H,2-3H2,1H3,(H,29,30,31)/p-4. The molecule has 65 heteroatoms. The summed E-state index contributed by atoms with van der Waals surface area (Å²) in [6, 6.07) is 27.8. The van der Waals surface area contributed by atoms with Gasteiger partial charge in [0.05, 0.1) is 112 Å². The summed E-state index contributed by atoms with van der Waals surface area (Å²) in [4.78, 5) is 143. The molecule has 0 N–H and O–H groups in total. The van der Waals surface area contributed by atoms with Gasteiger partial charge in [0.1, 0.15) is 6.61 Å². The minimum atomic E-state index is -6.13. The van der Waals surface area contributed by atoms with Crippen LogP contribution in [0.2, 0.25) is 0 Å². The van der Waals surface area contributed by atoms with Crippen LogP contribution in [0, 0.1) is 122 Å². The van der Waals surface area contributed by atoms with E-state index < -0.39 is 189 Å². The second-order valence-electron chi connectivity index (χ2n) is 31.3. The maximum absolute atomic E-state index is 13.6. The van der Waals surface area contributed by atoms with Crippen LogP contribution in [0.1, 0.15) is 95.8 Å². The fourth-order valence-electron chi connectivity index (χ4n) is 13.7. The number of halogens is 27. The summed E-state index contributed by atoms with van der Waals surface area (Å²) < 4.78 is 283. The Balaban J connectivity index is 0.000000244. The zero-order valence-corrected chi connectivity index (χ0v) is 122. The molecule has 0 aromatic heterocycles. The molecule has 8 aromatic rings. The van der Waals surface area contributed by atoms with Crippen molar-refractivity contribution in [3.63, 3.8) is 0 Å². The Hall–Kier alpha value is 2.48. The van der Waals surface area contributed by atoms with Crippen LogP contribution >= 0.6 is 474 Å². The molecule has 816 valence electrons. The van der Waals surface area contributed by atoms with Crippen molar-refractivity contribution >= 4 is 581 Å². The molecule has 34 nitrogen and oxygen atoms in total. The van der Waals surface area contributed by atoms with Crippen LogP contribution in [-0.2, 0) is 97.8 Å². The predicted molar refractivity (Wildman–Crippen MR) is 692 cm³/mol. The summed E-state index contributed by atoms with van der Waals surface area (Å²) in [5, 5.41) is -14.4. The largest absolute Gasteiger partial charge is 0.748 e. The lowest BCUT2D eigenvalue weighted by atomic mass is 9.61. The lowest BCUT2D eigenvalue weighted by Gasteiger charge is -2.43. The van der Waals surface area contributed by atoms with Crippen molar-refractivity contribution in [1.82, 2.24) is 0 Å². The molecule has 0 amide bonds. The van der Waals surface area contributed by atoms with E-state index >= 15 is 0 Å². The Bertz CT molecular complexity index is 6750. The van der Waals surface area contributed by atoms with Gasteiger partial charge in [-0.25, -0.2) is 57.6 Å². The number of alkyl halides is 6. The van der Waals surface area contributed by atoms with Gasteiger partial charge in [0.2, 0.25) is 0 Å². The molecule has 150 heavy (non-hydrogen) atoms. The Kier molecular flexibility index (Phi) is 54.9. The van der Waals surface area contributed by atoms with Gasteiger partial charge >= 0.3 is 81.4 Å². The molecule has 0 aliphatic heterocycles. The summed E-state index contributed by atoms with van der Waals surface area (Å²) in [7, 11) is -22.8. The Labute approximate surface area is 1140 Å². The summed E-state index contributed by atoms with van der Waals surface area (Å²) in [5.41, 5.74) is -3.89. The second kappa shape index (κ2) is 59.8. The number of hydrogen-bond acceptors (Lipinski definition) is 34. The maximum Gasteiger partial charge on any atom is 0.367 e. The molecule has 0 saturated heterocycles. The van der Waals surface area contributed by atoms with Gasteiger partial charge in [0.15, 0.2) is 90.4 Å². The number of carbonyl (C=O) groups is 11. The number of carbonyl (C=O) groups excluding carboxylic acids is 11. The smallest absolute Gasteiger partial charge is 0.367 e. The third-order valence-electron chi connectivity index (χ3n) is 20.8. The van der Waals surface area contributed by atoms with E-state index in [0.717, 1.165) is 57.3 Å². The zero-order valence-electron chi connectivity index (χ0n) is 73.5. The minimum Gasteiger partial charge on any atom is -0.748 e. The molecule has 0 spiro atoms. The van der Waals surface area contributed by atoms with Gasteiger partial charge < -0.3 is 70.3 Å². The van der Waals surface area contributed by atoms with Gasteiger partial charge in [0, 0.05) is 25.0 Å². The Morgan fingerprint density at radius 1 is 0.287 bits per heavy atom. The average molecular weight is 4530 g/mol. The van der Waals surface area contributed by atoms with Crippen LogP contribution in [0.25, 0.3) is 0 Å². The predicted octanol–water partition coefficient (Wildman–Crippen LogP) is 23.4. The fraction of sp³-hybridized carbons (Fsp3) is 0.306. The van der Waals surface area contributed by atoms with Gasteiger partial charge in [0.25, 0.3) is 5.41 Å². The molecule has 8 aromatic carbocycles. The lowest BCUT2D eigenvalue weighted by Crippen LogP contribution is -2.49. The van der Waals surface area contributed by atoms with Crippen molar-refractivity contribution in [3.05, 3.63) is 195 Å². The first-order chi connectivity index (χ1) is 69.2. The van der Waals surface area contributed by atoms with Crippen molar-refractivity contribution in [3.8, 4) is 40.2 Å². The van der Waals surface area contributed by atoms with Crippen LogP contribution in [-0.4, -0.2) is 165 Å². The molecule has 3 aliphatic rings. The molecule has 11 rings (SSSR count). The van der Waals surface area contributed by atoms with Crippen LogP contribution in [0.15, 0.2) is 103 Å². The van der Waals surface area contributed by atoms with Gasteiger partial charge in [-0.3, -0.25) is 28.8 Å². The SMILES string of the molecule is CC(C(=O)OCCS(=O)(=O)[O-])(C(=O)Oc1c(I)cc(I)cc1I)C(=O)Oc1c(I)cc(I)cc1I.O=C(OCC(F)(F)S(=O)(=O)[O-])C1CC(C(=O)Oc2c(I)cc(I)cc2I)CC(C(=O)Oc2c(I)cc(I)cc2I)C1.O=C(OCC(F)(F)S(=O)(=O)[O-])C1CCCC2C(C(=O)Oc3c(I)cc(I)cc3I)CCCC12.O=C(OCC(F)(F)S(=O)(=O)[O-])c1cc(C(=O)Oc2c(I)cc(I)cc2I)cc(C(=O)Oc2c(I)cc(I)cc2I)c1. The van der Waals surface area contributed by atoms with Crippen LogP contribution in [0.5, 0.6) is 40.2 Å². The summed E-state index contributed by atoms with van der Waals surface area (Å²) in [5.74, 6) is -15.8. The number of hydrogen-bond donors (Lipinski definition) is 0. The lowest BCUT2D eigenvalue weighted by molar-refractivity contribution is -0.175. The van der Waals surface area contributed by atoms with Gasteiger partial charge in [-0.1, -0.05) is 12.8 Å². The third-order valence-corrected chi connectivity index (χ3v) is 39.6. The second-order valence-corrected chi connectivity index (χ2v) is 62.3. The van der Waals surface area contributed by atoms with Crippen molar-refractivity contribution in [2.75, 3.05) is 32.2 Å². The van der Waals surface area contributed by atoms with Crippen LogP contribution in [0.3, 0.4) is 0 Å². The molecule has 3 fully saturated rings. The van der Waals surface area contributed by atoms with Crippen molar-refractivity contribution < 1.29 is 183 Å². The molecule has 0 radical (unpaired) electrons. The molecule has 3 aliphatic carbocycles. The van der Waals surface area contributed by atoms with Crippen molar-refractivity contribution in [2.24, 2.45) is 46.8 Å².